The fourth-order valence-electron chi connectivity index (χ4n) is 2.98. The maximum atomic E-state index is 12.5. The number of carbonyl (C=O) groups is 3. The summed E-state index contributed by atoms with van der Waals surface area (Å²) in [6, 6.07) is 16.8. The highest BCUT2D eigenvalue weighted by atomic mass is 32.2. The number of nitrogens with one attached hydrogen (secondary N) is 3. The highest BCUT2D eigenvalue weighted by Gasteiger charge is 2.28. The number of benzene rings is 2. The minimum absolute atomic E-state index is 0.114. The molecule has 0 bridgehead atoms. The van der Waals surface area contributed by atoms with E-state index in [0.717, 1.165) is 29.7 Å². The van der Waals surface area contributed by atoms with E-state index >= 15 is 0 Å². The third kappa shape index (κ3) is 7.55. The van der Waals surface area contributed by atoms with Crippen LogP contribution < -0.4 is 16.0 Å². The summed E-state index contributed by atoms with van der Waals surface area (Å²) >= 11 is 1.22. The third-order valence-corrected chi connectivity index (χ3v) is 5.56. The molecule has 3 rings (SSSR count). The summed E-state index contributed by atoms with van der Waals surface area (Å²) in [6.45, 7) is 1.96. The standard InChI is InChI=1S/C23H27N3O3S/c1-16-6-5-9-19(12-16)24-21(27)14-30-15-22(28)26-20(23(29)25-18-10-11-18)13-17-7-3-2-4-8-17/h2-9,12,18,20H,10-11,13-15H2,1H3,(H,24,27)(H,25,29)(H,26,28). The van der Waals surface area contributed by atoms with Crippen molar-refractivity contribution in [3.05, 3.63) is 65.7 Å². The zero-order valence-electron chi connectivity index (χ0n) is 17.0. The maximum absolute atomic E-state index is 12.5. The van der Waals surface area contributed by atoms with Gasteiger partial charge in [-0.15, -0.1) is 11.8 Å². The Kier molecular flexibility index (Phi) is 7.90. The van der Waals surface area contributed by atoms with E-state index in [4.69, 9.17) is 0 Å². The largest absolute Gasteiger partial charge is 0.352 e. The Morgan fingerprint density at radius 2 is 1.73 bits per heavy atom. The van der Waals surface area contributed by atoms with Crippen LogP contribution in [0.5, 0.6) is 0 Å². The van der Waals surface area contributed by atoms with Gasteiger partial charge in [0.05, 0.1) is 11.5 Å². The Labute approximate surface area is 181 Å². The molecular formula is C23H27N3O3S. The van der Waals surface area contributed by atoms with E-state index in [1.165, 1.54) is 11.8 Å². The number of rotatable bonds is 10. The first-order chi connectivity index (χ1) is 14.5. The van der Waals surface area contributed by atoms with Gasteiger partial charge in [0.2, 0.25) is 17.7 Å². The van der Waals surface area contributed by atoms with Crippen LogP contribution in [0.3, 0.4) is 0 Å². The van der Waals surface area contributed by atoms with Gasteiger partial charge in [0, 0.05) is 18.2 Å². The highest BCUT2D eigenvalue weighted by Crippen LogP contribution is 2.19. The second-order valence-corrected chi connectivity index (χ2v) is 8.49. The molecule has 2 aromatic carbocycles. The Morgan fingerprint density at radius 3 is 2.43 bits per heavy atom. The van der Waals surface area contributed by atoms with Gasteiger partial charge in [0.15, 0.2) is 0 Å². The van der Waals surface area contributed by atoms with E-state index in [1.807, 2.05) is 61.5 Å². The Morgan fingerprint density at radius 1 is 1.00 bits per heavy atom. The van der Waals surface area contributed by atoms with Gasteiger partial charge in [0.1, 0.15) is 6.04 Å². The quantitative estimate of drug-likeness (QED) is 0.546. The smallest absolute Gasteiger partial charge is 0.243 e. The first kappa shape index (κ1) is 21.9. The van der Waals surface area contributed by atoms with Crippen LogP contribution in [-0.4, -0.2) is 41.3 Å². The summed E-state index contributed by atoms with van der Waals surface area (Å²) in [5.74, 6) is -0.291. The molecule has 1 atom stereocenters. The Hall–Kier alpha value is -2.80. The molecule has 0 spiro atoms. The Bertz CT molecular complexity index is 884. The SMILES string of the molecule is Cc1cccc(NC(=O)CSCC(=O)NC(Cc2ccccc2)C(=O)NC2CC2)c1. The average Bonchev–Trinajstić information content (AvgIpc) is 3.52. The summed E-state index contributed by atoms with van der Waals surface area (Å²) in [6.07, 6.45) is 2.41. The maximum Gasteiger partial charge on any atom is 0.243 e. The minimum Gasteiger partial charge on any atom is -0.352 e. The van der Waals surface area contributed by atoms with Crippen molar-refractivity contribution in [2.45, 2.75) is 38.3 Å². The van der Waals surface area contributed by atoms with Crippen molar-refractivity contribution in [2.24, 2.45) is 0 Å². The molecule has 1 aliphatic carbocycles. The zero-order valence-corrected chi connectivity index (χ0v) is 17.8. The van der Waals surface area contributed by atoms with E-state index in [1.54, 1.807) is 0 Å². The molecule has 30 heavy (non-hydrogen) atoms. The monoisotopic (exact) mass is 425 g/mol. The lowest BCUT2D eigenvalue weighted by atomic mass is 10.1. The van der Waals surface area contributed by atoms with Crippen LogP contribution in [0.4, 0.5) is 5.69 Å². The zero-order chi connectivity index (χ0) is 21.3. The first-order valence-electron chi connectivity index (χ1n) is 10.1. The molecule has 6 nitrogen and oxygen atoms in total. The normalized spacial score (nSPS) is 13.9. The molecule has 1 fully saturated rings. The fraction of sp³-hybridized carbons (Fsp3) is 0.348. The van der Waals surface area contributed by atoms with E-state index in [-0.39, 0.29) is 35.3 Å². The first-order valence-corrected chi connectivity index (χ1v) is 11.2. The molecule has 0 aromatic heterocycles. The molecular weight excluding hydrogens is 398 g/mol. The molecule has 3 amide bonds. The van der Waals surface area contributed by atoms with E-state index in [2.05, 4.69) is 16.0 Å². The van der Waals surface area contributed by atoms with Crippen molar-refractivity contribution >= 4 is 35.2 Å². The number of anilines is 1. The second kappa shape index (κ2) is 10.8. The summed E-state index contributed by atoms with van der Waals surface area (Å²) in [4.78, 5) is 37.0. The fourth-order valence-corrected chi connectivity index (χ4v) is 3.61. The van der Waals surface area contributed by atoms with Gasteiger partial charge < -0.3 is 16.0 Å². The lowest BCUT2D eigenvalue weighted by Gasteiger charge is -2.18. The van der Waals surface area contributed by atoms with Gasteiger partial charge in [-0.25, -0.2) is 0 Å². The molecule has 0 radical (unpaired) electrons. The Balaban J connectivity index is 1.46. The second-order valence-electron chi connectivity index (χ2n) is 7.50. The summed E-state index contributed by atoms with van der Waals surface area (Å²) in [5, 5.41) is 8.61. The van der Waals surface area contributed by atoms with Crippen molar-refractivity contribution in [3.63, 3.8) is 0 Å². The summed E-state index contributed by atoms with van der Waals surface area (Å²) in [7, 11) is 0. The van der Waals surface area contributed by atoms with Crippen LogP contribution in [0.1, 0.15) is 24.0 Å². The van der Waals surface area contributed by atoms with Crippen LogP contribution in [-0.2, 0) is 20.8 Å². The molecule has 1 saturated carbocycles. The number of thioether (sulfide) groups is 1. The van der Waals surface area contributed by atoms with Crippen molar-refractivity contribution in [1.29, 1.82) is 0 Å². The number of aryl methyl sites for hydroxylation is 1. The predicted molar refractivity (Wildman–Crippen MR) is 120 cm³/mol. The van der Waals surface area contributed by atoms with Crippen molar-refractivity contribution in [1.82, 2.24) is 10.6 Å². The number of amides is 3. The lowest BCUT2D eigenvalue weighted by molar-refractivity contribution is -0.128. The molecule has 1 aliphatic rings. The van der Waals surface area contributed by atoms with Crippen LogP contribution in [0.15, 0.2) is 54.6 Å². The van der Waals surface area contributed by atoms with Gasteiger partial charge in [0.25, 0.3) is 0 Å². The third-order valence-electron chi connectivity index (χ3n) is 4.63. The van der Waals surface area contributed by atoms with Crippen LogP contribution in [0, 0.1) is 6.92 Å². The summed E-state index contributed by atoms with van der Waals surface area (Å²) in [5.41, 5.74) is 2.79. The van der Waals surface area contributed by atoms with Gasteiger partial charge in [-0.2, -0.15) is 0 Å². The van der Waals surface area contributed by atoms with E-state index in [9.17, 15) is 14.4 Å². The highest BCUT2D eigenvalue weighted by molar-refractivity contribution is 8.00. The molecule has 158 valence electrons. The van der Waals surface area contributed by atoms with Crippen LogP contribution in [0.25, 0.3) is 0 Å². The lowest BCUT2D eigenvalue weighted by Crippen LogP contribution is -2.49. The number of hydrogen-bond donors (Lipinski definition) is 3. The summed E-state index contributed by atoms with van der Waals surface area (Å²) < 4.78 is 0. The minimum atomic E-state index is -0.623. The predicted octanol–water partition coefficient (Wildman–Crippen LogP) is 2.67. The average molecular weight is 426 g/mol. The van der Waals surface area contributed by atoms with Crippen molar-refractivity contribution in [3.8, 4) is 0 Å². The number of hydrogen-bond acceptors (Lipinski definition) is 4. The van der Waals surface area contributed by atoms with E-state index in [0.29, 0.717) is 6.42 Å². The van der Waals surface area contributed by atoms with Gasteiger partial charge in [-0.3, -0.25) is 14.4 Å². The van der Waals surface area contributed by atoms with Crippen LogP contribution in [0.2, 0.25) is 0 Å². The van der Waals surface area contributed by atoms with Gasteiger partial charge in [-0.1, -0.05) is 42.5 Å². The molecule has 1 unspecified atom stereocenters. The molecule has 2 aromatic rings. The van der Waals surface area contributed by atoms with Crippen molar-refractivity contribution < 1.29 is 14.4 Å². The van der Waals surface area contributed by atoms with Gasteiger partial charge >= 0.3 is 0 Å². The molecule has 0 saturated heterocycles. The topological polar surface area (TPSA) is 87.3 Å². The van der Waals surface area contributed by atoms with Gasteiger partial charge in [-0.05, 0) is 43.0 Å². The van der Waals surface area contributed by atoms with Crippen molar-refractivity contribution in [2.75, 3.05) is 16.8 Å². The number of carbonyl (C=O) groups excluding carboxylic acids is 3. The van der Waals surface area contributed by atoms with E-state index < -0.39 is 6.04 Å². The molecule has 7 heteroatoms. The molecule has 3 N–H and O–H groups in total. The van der Waals surface area contributed by atoms with Crippen LogP contribution >= 0.6 is 11.8 Å². The molecule has 0 aliphatic heterocycles. The molecule has 0 heterocycles.